The zero-order valence-electron chi connectivity index (χ0n) is 11.7. The maximum atomic E-state index is 12.7. The van der Waals surface area contributed by atoms with Crippen molar-refractivity contribution in [3.8, 4) is 0 Å². The molecule has 1 aromatic carbocycles. The van der Waals surface area contributed by atoms with E-state index in [-0.39, 0.29) is 23.7 Å². The number of anilines is 1. The normalized spacial score (nSPS) is 33.3. The van der Waals surface area contributed by atoms with Crippen molar-refractivity contribution < 1.29 is 9.59 Å². The Balaban J connectivity index is 1.76. The highest BCUT2D eigenvalue weighted by Crippen LogP contribution is 2.41. The van der Waals surface area contributed by atoms with Crippen LogP contribution in [0, 0.1) is 5.92 Å². The number of alkyl halides is 1. The fourth-order valence-corrected chi connectivity index (χ4v) is 4.70. The fourth-order valence-electron chi connectivity index (χ4n) is 3.67. The number of allylic oxidation sites excluding steroid dienone is 1. The van der Waals surface area contributed by atoms with Gasteiger partial charge in [-0.25, -0.2) is 0 Å². The fraction of sp³-hybridized carbons (Fsp3) is 0.375. The van der Waals surface area contributed by atoms with Crippen LogP contribution in [0.2, 0.25) is 0 Å². The molecule has 1 saturated carbocycles. The highest BCUT2D eigenvalue weighted by atomic mass is 79.9. The molecule has 1 aliphatic carbocycles. The molecule has 3 aliphatic rings. The van der Waals surface area contributed by atoms with Crippen LogP contribution in [0.15, 0.2) is 33.9 Å². The molecule has 2 aliphatic heterocycles. The molecule has 2 heterocycles. The van der Waals surface area contributed by atoms with Gasteiger partial charge in [0.1, 0.15) is 0 Å². The van der Waals surface area contributed by atoms with Gasteiger partial charge in [-0.05, 0) is 37.5 Å². The molecule has 114 valence electrons. The number of amides is 1. The quantitative estimate of drug-likeness (QED) is 0.494. The first-order chi connectivity index (χ1) is 10.5. The average Bonchev–Trinajstić information content (AvgIpc) is 2.94. The standard InChI is InChI=1S/C16H14Br2N2O2/c17-7-1-3-9-11(5-7)20-16(22)13(9)14-15(21)10-4-2-8(18)6-12(10)19-14/h2,4,6-7,9,11,19H,1,3,5H2,(H,20,22). The number of carbonyl (C=O) groups excluding carboxylic acids is 2. The Morgan fingerprint density at radius 3 is 2.82 bits per heavy atom. The Morgan fingerprint density at radius 1 is 1.18 bits per heavy atom. The second-order valence-electron chi connectivity index (χ2n) is 6.03. The summed E-state index contributed by atoms with van der Waals surface area (Å²) in [6, 6.07) is 5.65. The molecule has 3 atom stereocenters. The number of benzene rings is 1. The number of rotatable bonds is 0. The molecule has 4 nitrogen and oxygen atoms in total. The van der Waals surface area contributed by atoms with Crippen LogP contribution < -0.4 is 10.6 Å². The van der Waals surface area contributed by atoms with Crippen LogP contribution in [0.5, 0.6) is 0 Å². The smallest absolute Gasteiger partial charge is 0.250 e. The molecule has 2 fully saturated rings. The first kappa shape index (κ1) is 14.5. The van der Waals surface area contributed by atoms with E-state index in [9.17, 15) is 9.59 Å². The van der Waals surface area contributed by atoms with Gasteiger partial charge in [0.25, 0.3) is 0 Å². The van der Waals surface area contributed by atoms with Gasteiger partial charge in [0.2, 0.25) is 11.7 Å². The van der Waals surface area contributed by atoms with E-state index in [1.165, 1.54) is 0 Å². The summed E-state index contributed by atoms with van der Waals surface area (Å²) >= 11 is 7.05. The molecular weight excluding hydrogens is 412 g/mol. The first-order valence-electron chi connectivity index (χ1n) is 7.35. The zero-order chi connectivity index (χ0) is 15.4. The van der Waals surface area contributed by atoms with Crippen molar-refractivity contribution >= 4 is 49.2 Å². The number of hydrogen-bond donors (Lipinski definition) is 2. The van der Waals surface area contributed by atoms with Crippen LogP contribution in [-0.4, -0.2) is 22.6 Å². The summed E-state index contributed by atoms with van der Waals surface area (Å²) in [6.45, 7) is 0. The van der Waals surface area contributed by atoms with Crippen LogP contribution in [0.25, 0.3) is 0 Å². The molecular formula is C16H14Br2N2O2. The zero-order valence-corrected chi connectivity index (χ0v) is 14.8. The number of nitrogens with one attached hydrogen (secondary N) is 2. The predicted octanol–water partition coefficient (Wildman–Crippen LogP) is 3.37. The Kier molecular flexibility index (Phi) is 3.42. The van der Waals surface area contributed by atoms with Gasteiger partial charge in [-0.1, -0.05) is 31.9 Å². The van der Waals surface area contributed by atoms with Crippen molar-refractivity contribution in [3.05, 3.63) is 39.5 Å². The van der Waals surface area contributed by atoms with Crippen molar-refractivity contribution in [1.82, 2.24) is 5.32 Å². The van der Waals surface area contributed by atoms with Gasteiger partial charge in [-0.3, -0.25) is 9.59 Å². The summed E-state index contributed by atoms with van der Waals surface area (Å²) in [7, 11) is 0. The van der Waals surface area contributed by atoms with Crippen molar-refractivity contribution in [3.63, 3.8) is 0 Å². The lowest BCUT2D eigenvalue weighted by molar-refractivity contribution is -0.116. The second-order valence-corrected chi connectivity index (χ2v) is 8.24. The molecule has 4 rings (SSSR count). The summed E-state index contributed by atoms with van der Waals surface area (Å²) in [6.07, 6.45) is 2.87. The molecule has 22 heavy (non-hydrogen) atoms. The number of carbonyl (C=O) groups is 2. The lowest BCUT2D eigenvalue weighted by atomic mass is 9.81. The highest BCUT2D eigenvalue weighted by molar-refractivity contribution is 9.10. The SMILES string of the molecule is O=C1NC2CC(Br)CCC2C1=C1Nc2cc(Br)ccc2C1=O. The van der Waals surface area contributed by atoms with E-state index >= 15 is 0 Å². The third-order valence-corrected chi connectivity index (χ3v) is 6.03. The average molecular weight is 426 g/mol. The molecule has 6 heteroatoms. The number of Topliss-reactive ketones (excluding diaryl/α,β-unsaturated/α-hetero) is 1. The second kappa shape index (κ2) is 5.20. The summed E-state index contributed by atoms with van der Waals surface area (Å²) in [5.74, 6) is -0.0425. The van der Waals surface area contributed by atoms with E-state index in [0.29, 0.717) is 21.7 Å². The van der Waals surface area contributed by atoms with Crippen molar-refractivity contribution in [1.29, 1.82) is 0 Å². The van der Waals surface area contributed by atoms with Gasteiger partial charge >= 0.3 is 0 Å². The minimum absolute atomic E-state index is 0.0748. The Bertz CT molecular complexity index is 729. The predicted molar refractivity (Wildman–Crippen MR) is 91.1 cm³/mol. The van der Waals surface area contributed by atoms with Crippen LogP contribution in [0.3, 0.4) is 0 Å². The minimum Gasteiger partial charge on any atom is -0.351 e. The maximum absolute atomic E-state index is 12.7. The molecule has 1 saturated heterocycles. The lowest BCUT2D eigenvalue weighted by Crippen LogP contribution is -2.34. The maximum Gasteiger partial charge on any atom is 0.250 e. The van der Waals surface area contributed by atoms with Gasteiger partial charge in [-0.2, -0.15) is 0 Å². The molecule has 0 radical (unpaired) electrons. The summed E-state index contributed by atoms with van der Waals surface area (Å²) < 4.78 is 0.909. The monoisotopic (exact) mass is 424 g/mol. The minimum atomic E-state index is -0.0979. The van der Waals surface area contributed by atoms with Crippen LogP contribution in [-0.2, 0) is 4.79 Å². The number of ketones is 1. The van der Waals surface area contributed by atoms with E-state index in [1.54, 1.807) is 6.07 Å². The third kappa shape index (κ3) is 2.15. The summed E-state index contributed by atoms with van der Waals surface area (Å²) in [4.78, 5) is 25.5. The first-order valence-corrected chi connectivity index (χ1v) is 9.06. The summed E-state index contributed by atoms with van der Waals surface area (Å²) in [5, 5.41) is 6.21. The number of halogens is 2. The van der Waals surface area contributed by atoms with E-state index in [2.05, 4.69) is 42.5 Å². The number of hydrogen-bond acceptors (Lipinski definition) is 3. The Labute approximate surface area is 145 Å². The van der Waals surface area contributed by atoms with Crippen LogP contribution in [0.1, 0.15) is 29.6 Å². The Hall–Kier alpha value is -1.14. The highest BCUT2D eigenvalue weighted by Gasteiger charge is 2.44. The van der Waals surface area contributed by atoms with E-state index in [1.807, 2.05) is 12.1 Å². The van der Waals surface area contributed by atoms with Crippen molar-refractivity contribution in [2.24, 2.45) is 5.92 Å². The molecule has 1 amide bonds. The number of fused-ring (bicyclic) bond motifs is 2. The molecule has 2 N–H and O–H groups in total. The van der Waals surface area contributed by atoms with Gasteiger partial charge in [-0.15, -0.1) is 0 Å². The molecule has 0 spiro atoms. The van der Waals surface area contributed by atoms with Crippen molar-refractivity contribution in [2.75, 3.05) is 5.32 Å². The van der Waals surface area contributed by atoms with E-state index in [4.69, 9.17) is 0 Å². The Morgan fingerprint density at radius 2 is 2.00 bits per heavy atom. The third-order valence-electron chi connectivity index (χ3n) is 4.70. The van der Waals surface area contributed by atoms with Crippen LogP contribution >= 0.6 is 31.9 Å². The molecule has 0 aromatic heterocycles. The van der Waals surface area contributed by atoms with E-state index in [0.717, 1.165) is 29.4 Å². The largest absolute Gasteiger partial charge is 0.351 e. The van der Waals surface area contributed by atoms with E-state index < -0.39 is 0 Å². The van der Waals surface area contributed by atoms with Gasteiger partial charge in [0, 0.05) is 32.4 Å². The molecule has 1 aromatic rings. The van der Waals surface area contributed by atoms with Gasteiger partial charge in [0.15, 0.2) is 0 Å². The topological polar surface area (TPSA) is 58.2 Å². The molecule has 0 bridgehead atoms. The summed E-state index contributed by atoms with van der Waals surface area (Å²) in [5.41, 5.74) is 2.51. The van der Waals surface area contributed by atoms with Crippen LogP contribution in [0.4, 0.5) is 5.69 Å². The molecule has 3 unspecified atom stereocenters. The van der Waals surface area contributed by atoms with Crippen molar-refractivity contribution in [2.45, 2.75) is 30.1 Å². The van der Waals surface area contributed by atoms with Gasteiger partial charge < -0.3 is 10.6 Å². The lowest BCUT2D eigenvalue weighted by Gasteiger charge is -2.28. The van der Waals surface area contributed by atoms with Gasteiger partial charge in [0.05, 0.1) is 11.4 Å².